The predicted molar refractivity (Wildman–Crippen MR) is 61.3 cm³/mol. The zero-order valence-electron chi connectivity index (χ0n) is 9.27. The number of hydrogen-bond donors (Lipinski definition) is 0. The molecule has 5 heteroatoms. The van der Waals surface area contributed by atoms with Crippen molar-refractivity contribution in [2.75, 3.05) is 25.7 Å². The molecule has 1 unspecified atom stereocenters. The van der Waals surface area contributed by atoms with Gasteiger partial charge in [-0.2, -0.15) is 0 Å². The molecule has 0 aliphatic heterocycles. The second-order valence-corrected chi connectivity index (χ2v) is 3.71. The summed E-state index contributed by atoms with van der Waals surface area (Å²) in [6.45, 7) is 2.71. The minimum atomic E-state index is 0.247. The van der Waals surface area contributed by atoms with Gasteiger partial charge in [-0.1, -0.05) is 0 Å². The zero-order valence-corrected chi connectivity index (χ0v) is 10.0. The molecule has 0 aliphatic carbocycles. The Morgan fingerprint density at radius 2 is 2.07 bits per heavy atom. The molecule has 1 rings (SSSR count). The summed E-state index contributed by atoms with van der Waals surface area (Å²) in [4.78, 5) is 10.4. The molecule has 1 heterocycles. The Balaban J connectivity index is 2.69. The van der Waals surface area contributed by atoms with E-state index in [1.807, 2.05) is 11.9 Å². The monoisotopic (exact) mass is 229 g/mol. The lowest BCUT2D eigenvalue weighted by atomic mass is 10.3. The smallest absolute Gasteiger partial charge is 0.225 e. The van der Waals surface area contributed by atoms with Gasteiger partial charge in [0, 0.05) is 32.1 Å². The quantitative estimate of drug-likeness (QED) is 0.721. The maximum Gasteiger partial charge on any atom is 0.225 e. The number of methoxy groups -OCH3 is 1. The molecule has 1 aromatic rings. The van der Waals surface area contributed by atoms with Crippen LogP contribution in [0.1, 0.15) is 12.5 Å². The summed E-state index contributed by atoms with van der Waals surface area (Å²) >= 11 is 5.66. The van der Waals surface area contributed by atoms with E-state index in [-0.39, 0.29) is 6.04 Å². The molecule has 0 bridgehead atoms. The van der Waals surface area contributed by atoms with Crippen LogP contribution in [0.3, 0.4) is 0 Å². The topological polar surface area (TPSA) is 38.2 Å². The summed E-state index contributed by atoms with van der Waals surface area (Å²) in [5.41, 5.74) is 0.924. The zero-order chi connectivity index (χ0) is 11.3. The molecule has 0 radical (unpaired) electrons. The van der Waals surface area contributed by atoms with Crippen LogP contribution >= 0.6 is 11.6 Å². The maximum atomic E-state index is 5.66. The van der Waals surface area contributed by atoms with Gasteiger partial charge in [0.1, 0.15) is 0 Å². The molecule has 0 amide bonds. The normalized spacial score (nSPS) is 12.5. The SMILES string of the molecule is COCC(C)N(C)c1ncc(CCl)cn1. The number of alkyl halides is 1. The molecule has 0 fully saturated rings. The van der Waals surface area contributed by atoms with Gasteiger partial charge in [-0.25, -0.2) is 9.97 Å². The van der Waals surface area contributed by atoms with Crippen LogP contribution < -0.4 is 4.90 Å². The molecular weight excluding hydrogens is 214 g/mol. The molecule has 4 nitrogen and oxygen atoms in total. The predicted octanol–water partition coefficient (Wildman–Crippen LogP) is 1.69. The van der Waals surface area contributed by atoms with Crippen LogP contribution in [-0.4, -0.2) is 36.8 Å². The molecule has 0 saturated carbocycles. The van der Waals surface area contributed by atoms with Gasteiger partial charge >= 0.3 is 0 Å². The molecule has 0 spiro atoms. The van der Waals surface area contributed by atoms with E-state index in [0.717, 1.165) is 5.56 Å². The molecule has 0 aliphatic rings. The lowest BCUT2D eigenvalue weighted by Gasteiger charge is -2.23. The average molecular weight is 230 g/mol. The molecule has 0 saturated heterocycles. The Bertz CT molecular complexity index is 291. The summed E-state index contributed by atoms with van der Waals surface area (Å²) in [5.74, 6) is 1.13. The highest BCUT2D eigenvalue weighted by Gasteiger charge is 2.11. The van der Waals surface area contributed by atoms with Crippen molar-refractivity contribution in [3.05, 3.63) is 18.0 Å². The van der Waals surface area contributed by atoms with E-state index in [4.69, 9.17) is 16.3 Å². The van der Waals surface area contributed by atoms with Crippen molar-refractivity contribution in [3.8, 4) is 0 Å². The number of nitrogens with zero attached hydrogens (tertiary/aromatic N) is 3. The van der Waals surface area contributed by atoms with E-state index >= 15 is 0 Å². The summed E-state index contributed by atoms with van der Waals surface area (Å²) in [5, 5.41) is 0. The number of hydrogen-bond acceptors (Lipinski definition) is 4. The largest absolute Gasteiger partial charge is 0.383 e. The van der Waals surface area contributed by atoms with Crippen LogP contribution in [0.5, 0.6) is 0 Å². The lowest BCUT2D eigenvalue weighted by molar-refractivity contribution is 0.183. The first-order valence-electron chi connectivity index (χ1n) is 4.77. The van der Waals surface area contributed by atoms with Crippen molar-refractivity contribution in [2.45, 2.75) is 18.8 Å². The van der Waals surface area contributed by atoms with Crippen molar-refractivity contribution in [3.63, 3.8) is 0 Å². The molecule has 0 N–H and O–H groups in total. The fourth-order valence-corrected chi connectivity index (χ4v) is 1.29. The van der Waals surface area contributed by atoms with E-state index in [0.29, 0.717) is 18.4 Å². The van der Waals surface area contributed by atoms with Crippen LogP contribution in [0.15, 0.2) is 12.4 Å². The Hall–Kier alpha value is -0.870. The standard InChI is InChI=1S/C10H16ClN3O/c1-8(7-15-3)14(2)10-12-5-9(4-11)6-13-10/h5-6,8H,4,7H2,1-3H3. The first-order chi connectivity index (χ1) is 7.19. The van der Waals surface area contributed by atoms with Gasteiger partial charge in [-0.15, -0.1) is 11.6 Å². The average Bonchev–Trinajstić information content (AvgIpc) is 2.28. The first kappa shape index (κ1) is 12.2. The third kappa shape index (κ3) is 3.32. The number of rotatable bonds is 5. The van der Waals surface area contributed by atoms with Gasteiger partial charge < -0.3 is 9.64 Å². The van der Waals surface area contributed by atoms with Crippen LogP contribution in [0.25, 0.3) is 0 Å². The minimum Gasteiger partial charge on any atom is -0.383 e. The molecule has 1 aromatic heterocycles. The highest BCUT2D eigenvalue weighted by Crippen LogP contribution is 2.09. The van der Waals surface area contributed by atoms with Gasteiger partial charge in [0.2, 0.25) is 5.95 Å². The maximum absolute atomic E-state index is 5.66. The van der Waals surface area contributed by atoms with E-state index in [1.54, 1.807) is 19.5 Å². The summed E-state index contributed by atoms with van der Waals surface area (Å²) in [6.07, 6.45) is 3.48. The van der Waals surface area contributed by atoms with Crippen LogP contribution in [0, 0.1) is 0 Å². The minimum absolute atomic E-state index is 0.247. The Kier molecular flexibility index (Phi) is 4.78. The molecule has 84 valence electrons. The molecule has 15 heavy (non-hydrogen) atoms. The number of anilines is 1. The van der Waals surface area contributed by atoms with Crippen LogP contribution in [-0.2, 0) is 10.6 Å². The first-order valence-corrected chi connectivity index (χ1v) is 5.31. The van der Waals surface area contributed by atoms with Crippen molar-refractivity contribution in [2.24, 2.45) is 0 Å². The number of likely N-dealkylation sites (N-methyl/N-ethyl adjacent to an activating group) is 1. The van der Waals surface area contributed by atoms with E-state index in [9.17, 15) is 0 Å². The van der Waals surface area contributed by atoms with Gasteiger partial charge in [0.25, 0.3) is 0 Å². The fraction of sp³-hybridized carbons (Fsp3) is 0.600. The Morgan fingerprint density at radius 1 is 1.47 bits per heavy atom. The summed E-state index contributed by atoms with van der Waals surface area (Å²) < 4.78 is 5.07. The molecular formula is C10H16ClN3O. The Morgan fingerprint density at radius 3 is 2.53 bits per heavy atom. The molecule has 0 aromatic carbocycles. The van der Waals surface area contributed by atoms with Crippen molar-refractivity contribution in [1.29, 1.82) is 0 Å². The highest BCUT2D eigenvalue weighted by atomic mass is 35.5. The fourth-order valence-electron chi connectivity index (χ4n) is 1.15. The number of halogens is 1. The lowest BCUT2D eigenvalue weighted by Crippen LogP contribution is -2.33. The van der Waals surface area contributed by atoms with Gasteiger partial charge in [-0.3, -0.25) is 0 Å². The summed E-state index contributed by atoms with van der Waals surface area (Å²) in [7, 11) is 3.63. The van der Waals surface area contributed by atoms with Crippen LogP contribution in [0.4, 0.5) is 5.95 Å². The second kappa shape index (κ2) is 5.88. The summed E-state index contributed by atoms with van der Waals surface area (Å²) in [6, 6.07) is 0.247. The molecule has 1 atom stereocenters. The third-order valence-corrected chi connectivity index (χ3v) is 2.54. The van der Waals surface area contributed by atoms with Crippen molar-refractivity contribution < 1.29 is 4.74 Å². The van der Waals surface area contributed by atoms with Gasteiger partial charge in [-0.05, 0) is 6.92 Å². The van der Waals surface area contributed by atoms with Crippen molar-refractivity contribution >= 4 is 17.5 Å². The van der Waals surface area contributed by atoms with Crippen LogP contribution in [0.2, 0.25) is 0 Å². The number of aromatic nitrogens is 2. The van der Waals surface area contributed by atoms with Gasteiger partial charge in [0.15, 0.2) is 0 Å². The second-order valence-electron chi connectivity index (χ2n) is 3.44. The number of ether oxygens (including phenoxy) is 1. The highest BCUT2D eigenvalue weighted by molar-refractivity contribution is 6.17. The Labute approximate surface area is 95.2 Å². The van der Waals surface area contributed by atoms with Gasteiger partial charge in [0.05, 0.1) is 18.5 Å². The van der Waals surface area contributed by atoms with Crippen molar-refractivity contribution in [1.82, 2.24) is 9.97 Å². The third-order valence-electron chi connectivity index (χ3n) is 2.23. The van der Waals surface area contributed by atoms with E-state index < -0.39 is 0 Å². The van der Waals surface area contributed by atoms with E-state index in [1.165, 1.54) is 0 Å². The van der Waals surface area contributed by atoms with E-state index in [2.05, 4.69) is 16.9 Å².